The number of amides is 1. The predicted octanol–water partition coefficient (Wildman–Crippen LogP) is 1.55. The first-order valence-corrected chi connectivity index (χ1v) is 6.29. The van der Waals surface area contributed by atoms with Gasteiger partial charge >= 0.3 is 0 Å². The summed E-state index contributed by atoms with van der Waals surface area (Å²) in [5.41, 5.74) is 2.03. The second-order valence-corrected chi connectivity index (χ2v) is 4.97. The average molecular weight is 278 g/mol. The topological polar surface area (TPSA) is 69.2 Å². The average Bonchev–Trinajstić information content (AvgIpc) is 2.84. The standard InChI is InChI=1S/C13H12ClN3O2/c14-9-3-1-8(2-4-9)12-11(5-15-16-12)13(19)17-6-10(18)7-17/h1-5,10,18H,6-7H2,(H,15,16). The van der Waals surface area contributed by atoms with Crippen molar-refractivity contribution >= 4 is 17.5 Å². The van der Waals surface area contributed by atoms with Crippen LogP contribution < -0.4 is 0 Å². The normalized spacial score (nSPS) is 15.4. The maximum Gasteiger partial charge on any atom is 0.257 e. The molecule has 98 valence electrons. The van der Waals surface area contributed by atoms with E-state index in [1.807, 2.05) is 12.1 Å². The summed E-state index contributed by atoms with van der Waals surface area (Å²) in [6.45, 7) is 0.758. The van der Waals surface area contributed by atoms with E-state index < -0.39 is 6.10 Å². The number of rotatable bonds is 2. The second-order valence-electron chi connectivity index (χ2n) is 4.53. The minimum absolute atomic E-state index is 0.121. The first-order chi connectivity index (χ1) is 9.15. The fourth-order valence-corrected chi connectivity index (χ4v) is 2.20. The van der Waals surface area contributed by atoms with Crippen LogP contribution in [0.3, 0.4) is 0 Å². The molecule has 5 nitrogen and oxygen atoms in total. The van der Waals surface area contributed by atoms with E-state index in [0.29, 0.717) is 29.4 Å². The van der Waals surface area contributed by atoms with Crippen molar-refractivity contribution in [3.05, 3.63) is 41.0 Å². The highest BCUT2D eigenvalue weighted by atomic mass is 35.5. The van der Waals surface area contributed by atoms with Crippen LogP contribution in [0.5, 0.6) is 0 Å². The van der Waals surface area contributed by atoms with E-state index in [9.17, 15) is 9.90 Å². The molecule has 1 amide bonds. The molecule has 1 aliphatic rings. The van der Waals surface area contributed by atoms with Crippen molar-refractivity contribution in [3.63, 3.8) is 0 Å². The van der Waals surface area contributed by atoms with Crippen molar-refractivity contribution in [2.75, 3.05) is 13.1 Å². The maximum atomic E-state index is 12.2. The van der Waals surface area contributed by atoms with E-state index >= 15 is 0 Å². The second kappa shape index (κ2) is 4.68. The smallest absolute Gasteiger partial charge is 0.257 e. The molecule has 1 aromatic carbocycles. The molecule has 0 spiro atoms. The van der Waals surface area contributed by atoms with Gasteiger partial charge in [-0.25, -0.2) is 0 Å². The predicted molar refractivity (Wildman–Crippen MR) is 70.9 cm³/mol. The van der Waals surface area contributed by atoms with Gasteiger partial charge in [0.1, 0.15) is 0 Å². The van der Waals surface area contributed by atoms with Crippen LogP contribution in [0, 0.1) is 0 Å². The number of carbonyl (C=O) groups is 1. The minimum atomic E-state index is -0.408. The van der Waals surface area contributed by atoms with Crippen LogP contribution in [-0.4, -0.2) is 45.3 Å². The molecule has 0 unspecified atom stereocenters. The number of halogens is 1. The summed E-state index contributed by atoms with van der Waals surface area (Å²) in [4.78, 5) is 13.8. The van der Waals surface area contributed by atoms with Crippen molar-refractivity contribution in [1.29, 1.82) is 0 Å². The van der Waals surface area contributed by atoms with Gasteiger partial charge in [0.05, 0.1) is 23.6 Å². The van der Waals surface area contributed by atoms with Crippen LogP contribution in [0.1, 0.15) is 10.4 Å². The van der Waals surface area contributed by atoms with E-state index in [2.05, 4.69) is 10.2 Å². The van der Waals surface area contributed by atoms with Gasteiger partial charge in [-0.2, -0.15) is 5.10 Å². The van der Waals surface area contributed by atoms with Crippen molar-refractivity contribution in [3.8, 4) is 11.3 Å². The zero-order chi connectivity index (χ0) is 13.4. The molecule has 2 N–H and O–H groups in total. The fourth-order valence-electron chi connectivity index (χ4n) is 2.08. The summed E-state index contributed by atoms with van der Waals surface area (Å²) in [6, 6.07) is 7.19. The molecule has 1 aromatic heterocycles. The van der Waals surface area contributed by atoms with Gasteiger partial charge in [0, 0.05) is 23.7 Å². The van der Waals surface area contributed by atoms with Crippen LogP contribution in [0.25, 0.3) is 11.3 Å². The molecule has 2 aromatic rings. The van der Waals surface area contributed by atoms with Gasteiger partial charge in [0.15, 0.2) is 0 Å². The largest absolute Gasteiger partial charge is 0.389 e. The van der Waals surface area contributed by atoms with Crippen molar-refractivity contribution < 1.29 is 9.90 Å². The van der Waals surface area contributed by atoms with E-state index in [4.69, 9.17) is 11.6 Å². The Morgan fingerprint density at radius 2 is 2.05 bits per heavy atom. The molecule has 6 heteroatoms. The van der Waals surface area contributed by atoms with Gasteiger partial charge in [-0.15, -0.1) is 0 Å². The Hall–Kier alpha value is -1.85. The van der Waals surface area contributed by atoms with Crippen LogP contribution >= 0.6 is 11.6 Å². The molecule has 0 radical (unpaired) electrons. The molecular formula is C13H12ClN3O2. The lowest BCUT2D eigenvalue weighted by atomic mass is 10.1. The molecule has 0 aliphatic carbocycles. The lowest BCUT2D eigenvalue weighted by Gasteiger charge is -2.35. The summed E-state index contributed by atoms with van der Waals surface area (Å²) in [5.74, 6) is -0.121. The number of nitrogens with one attached hydrogen (secondary N) is 1. The zero-order valence-electron chi connectivity index (χ0n) is 10.0. The highest BCUT2D eigenvalue weighted by molar-refractivity contribution is 6.30. The number of aliphatic hydroxyl groups is 1. The number of hydrogen-bond acceptors (Lipinski definition) is 3. The summed E-state index contributed by atoms with van der Waals surface area (Å²) >= 11 is 5.84. The summed E-state index contributed by atoms with van der Waals surface area (Å²) in [7, 11) is 0. The highest BCUT2D eigenvalue weighted by Gasteiger charge is 2.31. The number of carbonyl (C=O) groups excluding carboxylic acids is 1. The first-order valence-electron chi connectivity index (χ1n) is 5.92. The first kappa shape index (κ1) is 12.2. The zero-order valence-corrected chi connectivity index (χ0v) is 10.8. The van der Waals surface area contributed by atoms with Crippen LogP contribution in [0.2, 0.25) is 5.02 Å². The number of likely N-dealkylation sites (tertiary alicyclic amines) is 1. The Balaban J connectivity index is 1.90. The number of H-pyrrole nitrogens is 1. The Labute approximate surface area is 114 Å². The summed E-state index contributed by atoms with van der Waals surface area (Å²) in [5, 5.41) is 16.7. The number of nitrogens with zero attached hydrogens (tertiary/aromatic N) is 2. The van der Waals surface area contributed by atoms with E-state index in [1.54, 1.807) is 17.0 Å². The number of aromatic nitrogens is 2. The molecule has 0 bridgehead atoms. The summed E-state index contributed by atoms with van der Waals surface area (Å²) in [6.07, 6.45) is 1.10. The van der Waals surface area contributed by atoms with Crippen molar-refractivity contribution in [2.24, 2.45) is 0 Å². The Kier molecular flexibility index (Phi) is 3.00. The van der Waals surface area contributed by atoms with E-state index in [-0.39, 0.29) is 5.91 Å². The molecule has 3 rings (SSSR count). The Morgan fingerprint density at radius 3 is 2.68 bits per heavy atom. The lowest BCUT2D eigenvalue weighted by molar-refractivity contribution is 0.00595. The number of β-amino-alcohol motifs (C(OH)–C–C–N with tert-alkyl or cyclic N) is 1. The number of benzene rings is 1. The van der Waals surface area contributed by atoms with Gasteiger partial charge in [0.25, 0.3) is 5.91 Å². The molecule has 1 saturated heterocycles. The Morgan fingerprint density at radius 1 is 1.37 bits per heavy atom. The molecule has 1 aliphatic heterocycles. The molecule has 2 heterocycles. The third-order valence-electron chi connectivity index (χ3n) is 3.15. The number of aromatic amines is 1. The molecule has 1 fully saturated rings. The van der Waals surface area contributed by atoms with E-state index in [1.165, 1.54) is 6.20 Å². The number of aliphatic hydroxyl groups excluding tert-OH is 1. The van der Waals surface area contributed by atoms with Gasteiger partial charge in [0.2, 0.25) is 0 Å². The van der Waals surface area contributed by atoms with Crippen LogP contribution in [-0.2, 0) is 0 Å². The summed E-state index contributed by atoms with van der Waals surface area (Å²) < 4.78 is 0. The van der Waals surface area contributed by atoms with Gasteiger partial charge < -0.3 is 10.0 Å². The Bertz CT molecular complexity index is 603. The van der Waals surface area contributed by atoms with Gasteiger partial charge in [-0.1, -0.05) is 23.7 Å². The van der Waals surface area contributed by atoms with Crippen molar-refractivity contribution in [2.45, 2.75) is 6.10 Å². The monoisotopic (exact) mass is 277 g/mol. The van der Waals surface area contributed by atoms with Crippen LogP contribution in [0.4, 0.5) is 0 Å². The van der Waals surface area contributed by atoms with Gasteiger partial charge in [-0.3, -0.25) is 9.89 Å². The quantitative estimate of drug-likeness (QED) is 0.875. The third-order valence-corrected chi connectivity index (χ3v) is 3.40. The molecule has 0 atom stereocenters. The van der Waals surface area contributed by atoms with Gasteiger partial charge in [-0.05, 0) is 12.1 Å². The maximum absolute atomic E-state index is 12.2. The minimum Gasteiger partial charge on any atom is -0.389 e. The lowest BCUT2D eigenvalue weighted by Crippen LogP contribution is -2.53. The fraction of sp³-hybridized carbons (Fsp3) is 0.231. The SMILES string of the molecule is O=C(c1cn[nH]c1-c1ccc(Cl)cc1)N1CC(O)C1. The number of hydrogen-bond donors (Lipinski definition) is 2. The molecule has 19 heavy (non-hydrogen) atoms. The molecular weight excluding hydrogens is 266 g/mol. The van der Waals surface area contributed by atoms with Crippen LogP contribution in [0.15, 0.2) is 30.5 Å². The van der Waals surface area contributed by atoms with E-state index in [0.717, 1.165) is 5.56 Å². The third kappa shape index (κ3) is 2.22. The molecule has 0 saturated carbocycles. The highest BCUT2D eigenvalue weighted by Crippen LogP contribution is 2.25. The van der Waals surface area contributed by atoms with Crippen molar-refractivity contribution in [1.82, 2.24) is 15.1 Å².